The van der Waals surface area contributed by atoms with Gasteiger partial charge in [0.05, 0.1) is 24.1 Å². The molecule has 0 heterocycles. The lowest BCUT2D eigenvalue weighted by atomic mass is 10.00. The summed E-state index contributed by atoms with van der Waals surface area (Å²) in [5.41, 5.74) is 1.13. The summed E-state index contributed by atoms with van der Waals surface area (Å²) in [5.74, 6) is -1.62. The van der Waals surface area contributed by atoms with E-state index in [2.05, 4.69) is 4.72 Å². The number of hydrogen-bond donors (Lipinski definition) is 1. The Morgan fingerprint density at radius 2 is 1.57 bits per heavy atom. The maximum Gasteiger partial charge on any atom is 0.240 e. The fraction of sp³-hybridized carbons (Fsp3) is 0.0952. The van der Waals surface area contributed by atoms with Crippen molar-refractivity contribution in [2.24, 2.45) is 0 Å². The molecule has 3 aromatic carbocycles. The first-order valence-electron chi connectivity index (χ1n) is 8.43. The van der Waals surface area contributed by atoms with Crippen molar-refractivity contribution in [3.8, 4) is 16.9 Å². The van der Waals surface area contributed by atoms with Gasteiger partial charge in [0, 0.05) is 0 Å². The van der Waals surface area contributed by atoms with Gasteiger partial charge in [-0.25, -0.2) is 17.5 Å². The van der Waals surface area contributed by atoms with Crippen molar-refractivity contribution in [3.05, 3.63) is 84.2 Å². The predicted octanol–water partition coefficient (Wildman–Crippen LogP) is 3.66. The van der Waals surface area contributed by atoms with Crippen LogP contribution in [-0.4, -0.2) is 27.9 Å². The summed E-state index contributed by atoms with van der Waals surface area (Å²) in [6.45, 7) is -0.574. The standard InChI is InChI=1S/C21H18FNO4S/c1-27-20-13-16(15-8-4-2-5-9-15)12-18(21(20)22)19(24)14-23-28(25,26)17-10-6-3-7-11-17/h2-13,23H,14H2,1H3. The molecule has 0 aliphatic rings. The highest BCUT2D eigenvalue weighted by atomic mass is 32.2. The number of nitrogens with one attached hydrogen (secondary N) is 1. The van der Waals surface area contributed by atoms with Crippen LogP contribution in [0.4, 0.5) is 4.39 Å². The predicted molar refractivity (Wildman–Crippen MR) is 104 cm³/mol. The topological polar surface area (TPSA) is 72.5 Å². The van der Waals surface area contributed by atoms with E-state index in [0.29, 0.717) is 5.56 Å². The van der Waals surface area contributed by atoms with E-state index in [9.17, 15) is 17.6 Å². The lowest BCUT2D eigenvalue weighted by Gasteiger charge is -2.12. The number of halogens is 1. The minimum absolute atomic E-state index is 0.0267. The molecule has 3 aromatic rings. The molecule has 7 heteroatoms. The van der Waals surface area contributed by atoms with Crippen LogP contribution >= 0.6 is 0 Å². The van der Waals surface area contributed by atoms with Crippen molar-refractivity contribution in [1.29, 1.82) is 0 Å². The first kappa shape index (κ1) is 19.7. The van der Waals surface area contributed by atoms with Crippen LogP contribution in [0.5, 0.6) is 5.75 Å². The number of carbonyl (C=O) groups excluding carboxylic acids is 1. The number of sulfonamides is 1. The largest absolute Gasteiger partial charge is 0.494 e. The third-order valence-electron chi connectivity index (χ3n) is 4.14. The van der Waals surface area contributed by atoms with Crippen molar-refractivity contribution in [2.75, 3.05) is 13.7 Å². The summed E-state index contributed by atoms with van der Waals surface area (Å²) in [6, 6.07) is 19.7. The van der Waals surface area contributed by atoms with Gasteiger partial charge in [-0.15, -0.1) is 0 Å². The maximum atomic E-state index is 14.6. The van der Waals surface area contributed by atoms with Crippen LogP contribution in [0.1, 0.15) is 10.4 Å². The van der Waals surface area contributed by atoms with Crippen molar-refractivity contribution in [1.82, 2.24) is 4.72 Å². The third-order valence-corrected chi connectivity index (χ3v) is 5.56. The number of methoxy groups -OCH3 is 1. The van der Waals surface area contributed by atoms with Crippen LogP contribution in [-0.2, 0) is 10.0 Å². The SMILES string of the molecule is COc1cc(-c2ccccc2)cc(C(=O)CNS(=O)(=O)c2ccccc2)c1F. The summed E-state index contributed by atoms with van der Waals surface area (Å²) in [5, 5.41) is 0. The number of ketones is 1. The first-order chi connectivity index (χ1) is 13.4. The minimum Gasteiger partial charge on any atom is -0.494 e. The van der Waals surface area contributed by atoms with E-state index in [0.717, 1.165) is 5.56 Å². The summed E-state index contributed by atoms with van der Waals surface area (Å²) in [6.07, 6.45) is 0. The Balaban J connectivity index is 1.89. The van der Waals surface area contributed by atoms with E-state index >= 15 is 0 Å². The maximum absolute atomic E-state index is 14.6. The average molecular weight is 399 g/mol. The normalized spacial score (nSPS) is 11.2. The molecule has 0 saturated carbocycles. The van der Waals surface area contributed by atoms with Crippen LogP contribution in [0.3, 0.4) is 0 Å². The van der Waals surface area contributed by atoms with E-state index in [4.69, 9.17) is 4.74 Å². The molecule has 0 saturated heterocycles. The van der Waals surface area contributed by atoms with Crippen molar-refractivity contribution < 1.29 is 22.3 Å². The molecule has 3 rings (SSSR count). The van der Waals surface area contributed by atoms with Crippen LogP contribution in [0.15, 0.2) is 77.7 Å². The highest BCUT2D eigenvalue weighted by Crippen LogP contribution is 2.29. The van der Waals surface area contributed by atoms with Gasteiger partial charge < -0.3 is 4.74 Å². The Morgan fingerprint density at radius 1 is 0.964 bits per heavy atom. The monoisotopic (exact) mass is 399 g/mol. The molecule has 0 bridgehead atoms. The number of rotatable bonds is 7. The molecule has 0 aliphatic heterocycles. The minimum atomic E-state index is -3.88. The molecule has 0 aromatic heterocycles. The van der Waals surface area contributed by atoms with Crippen LogP contribution in [0.2, 0.25) is 0 Å². The van der Waals surface area contributed by atoms with E-state index in [1.165, 1.54) is 31.4 Å². The molecule has 0 fully saturated rings. The zero-order valence-corrected chi connectivity index (χ0v) is 15.9. The van der Waals surface area contributed by atoms with Gasteiger partial charge in [-0.2, -0.15) is 0 Å². The van der Waals surface area contributed by atoms with Gasteiger partial charge >= 0.3 is 0 Å². The lowest BCUT2D eigenvalue weighted by Crippen LogP contribution is -2.30. The number of hydrogen-bond acceptors (Lipinski definition) is 4. The molecule has 1 N–H and O–H groups in total. The molecule has 28 heavy (non-hydrogen) atoms. The van der Waals surface area contributed by atoms with Crippen molar-refractivity contribution in [2.45, 2.75) is 4.90 Å². The summed E-state index contributed by atoms with van der Waals surface area (Å²) < 4.78 is 46.5. The van der Waals surface area contributed by atoms with Gasteiger partial charge in [0.1, 0.15) is 0 Å². The second-order valence-corrected chi connectivity index (χ2v) is 7.73. The molecule has 144 valence electrons. The zero-order valence-electron chi connectivity index (χ0n) is 15.1. The lowest BCUT2D eigenvalue weighted by molar-refractivity contribution is 0.0992. The van der Waals surface area contributed by atoms with Crippen LogP contribution in [0, 0.1) is 5.82 Å². The van der Waals surface area contributed by atoms with E-state index < -0.39 is 28.2 Å². The van der Waals surface area contributed by atoms with Gasteiger partial charge in [0.2, 0.25) is 10.0 Å². The van der Waals surface area contributed by atoms with Gasteiger partial charge in [-0.05, 0) is 35.4 Å². The molecule has 0 amide bonds. The number of benzene rings is 3. The Morgan fingerprint density at radius 3 is 2.18 bits per heavy atom. The van der Waals surface area contributed by atoms with Crippen LogP contribution < -0.4 is 9.46 Å². The van der Waals surface area contributed by atoms with Crippen molar-refractivity contribution in [3.63, 3.8) is 0 Å². The second-order valence-electron chi connectivity index (χ2n) is 5.97. The quantitative estimate of drug-likeness (QED) is 0.616. The van der Waals surface area contributed by atoms with E-state index in [-0.39, 0.29) is 16.2 Å². The van der Waals surface area contributed by atoms with Gasteiger partial charge in [-0.3, -0.25) is 4.79 Å². The number of Topliss-reactive ketones (excluding diaryl/α,β-unsaturated/α-hetero) is 1. The van der Waals surface area contributed by atoms with Gasteiger partial charge in [0.25, 0.3) is 0 Å². The fourth-order valence-corrected chi connectivity index (χ4v) is 3.69. The summed E-state index contributed by atoms with van der Waals surface area (Å²) in [4.78, 5) is 12.6. The molecular formula is C21H18FNO4S. The Kier molecular flexibility index (Phi) is 5.87. The highest BCUT2D eigenvalue weighted by Gasteiger charge is 2.21. The smallest absolute Gasteiger partial charge is 0.240 e. The number of carbonyl (C=O) groups is 1. The molecule has 0 atom stereocenters. The van der Waals surface area contributed by atoms with E-state index in [1.54, 1.807) is 18.2 Å². The van der Waals surface area contributed by atoms with Crippen LogP contribution in [0.25, 0.3) is 11.1 Å². The average Bonchev–Trinajstić information content (AvgIpc) is 2.73. The van der Waals surface area contributed by atoms with E-state index in [1.807, 2.05) is 30.3 Å². The fourth-order valence-electron chi connectivity index (χ4n) is 2.69. The van der Waals surface area contributed by atoms with Gasteiger partial charge in [0.15, 0.2) is 17.3 Å². The second kappa shape index (κ2) is 8.33. The zero-order chi connectivity index (χ0) is 20.1. The molecule has 0 spiro atoms. The number of ether oxygens (including phenoxy) is 1. The van der Waals surface area contributed by atoms with Gasteiger partial charge in [-0.1, -0.05) is 48.5 Å². The third kappa shape index (κ3) is 4.27. The molecular weight excluding hydrogens is 381 g/mol. The molecule has 0 radical (unpaired) electrons. The molecule has 0 aliphatic carbocycles. The van der Waals surface area contributed by atoms with Crippen molar-refractivity contribution >= 4 is 15.8 Å². The first-order valence-corrected chi connectivity index (χ1v) is 9.91. The Labute approximate surface area is 162 Å². The Bertz CT molecular complexity index is 1080. The molecule has 0 unspecified atom stereocenters. The highest BCUT2D eigenvalue weighted by molar-refractivity contribution is 7.89. The summed E-state index contributed by atoms with van der Waals surface area (Å²) in [7, 11) is -2.57. The Hall–Kier alpha value is -3.03. The molecule has 5 nitrogen and oxygen atoms in total. The summed E-state index contributed by atoms with van der Waals surface area (Å²) >= 11 is 0.